The molecule has 0 unspecified atom stereocenters. The Morgan fingerprint density at radius 1 is 1.21 bits per heavy atom. The lowest BCUT2D eigenvalue weighted by Crippen LogP contribution is -2.36. The van der Waals surface area contributed by atoms with Gasteiger partial charge in [-0.2, -0.15) is 0 Å². The van der Waals surface area contributed by atoms with Crippen LogP contribution in [-0.4, -0.2) is 32.0 Å². The molecule has 0 heterocycles. The molecule has 0 fully saturated rings. The second kappa shape index (κ2) is 8.61. The molecule has 19 heavy (non-hydrogen) atoms. The highest BCUT2D eigenvalue weighted by Crippen LogP contribution is 2.03. The number of hydrogen-bond acceptors (Lipinski definition) is 3. The van der Waals surface area contributed by atoms with Crippen molar-refractivity contribution in [3.8, 4) is 0 Å². The molecule has 1 rings (SSSR count). The van der Waals surface area contributed by atoms with E-state index >= 15 is 0 Å². The maximum atomic E-state index is 12.7. The SMILES string of the molecule is CCOC(CNC(=O)Cc1ccc(F)cc1)OCC. The van der Waals surface area contributed by atoms with Crippen LogP contribution in [0.2, 0.25) is 0 Å². The van der Waals surface area contributed by atoms with E-state index in [9.17, 15) is 9.18 Å². The van der Waals surface area contributed by atoms with Crippen LogP contribution in [0.25, 0.3) is 0 Å². The van der Waals surface area contributed by atoms with Crippen molar-refractivity contribution in [1.82, 2.24) is 5.32 Å². The van der Waals surface area contributed by atoms with E-state index in [0.29, 0.717) is 19.8 Å². The van der Waals surface area contributed by atoms with E-state index in [1.807, 2.05) is 13.8 Å². The lowest BCUT2D eigenvalue weighted by atomic mass is 10.1. The Hall–Kier alpha value is -1.46. The van der Waals surface area contributed by atoms with Crippen LogP contribution in [-0.2, 0) is 20.7 Å². The Balaban J connectivity index is 2.35. The topological polar surface area (TPSA) is 47.6 Å². The van der Waals surface area contributed by atoms with Gasteiger partial charge >= 0.3 is 0 Å². The molecular formula is C14H20FNO3. The van der Waals surface area contributed by atoms with Crippen LogP contribution >= 0.6 is 0 Å². The van der Waals surface area contributed by atoms with Crippen molar-refractivity contribution in [3.63, 3.8) is 0 Å². The maximum absolute atomic E-state index is 12.7. The molecule has 5 heteroatoms. The van der Waals surface area contributed by atoms with E-state index in [4.69, 9.17) is 9.47 Å². The minimum atomic E-state index is -0.424. The zero-order valence-electron chi connectivity index (χ0n) is 11.3. The van der Waals surface area contributed by atoms with E-state index in [0.717, 1.165) is 5.56 Å². The van der Waals surface area contributed by atoms with Gasteiger partial charge in [0.05, 0.1) is 13.0 Å². The van der Waals surface area contributed by atoms with Crippen molar-refractivity contribution in [3.05, 3.63) is 35.6 Å². The smallest absolute Gasteiger partial charge is 0.224 e. The van der Waals surface area contributed by atoms with Crippen LogP contribution in [0, 0.1) is 5.82 Å². The Bertz CT molecular complexity index is 375. The monoisotopic (exact) mass is 269 g/mol. The van der Waals surface area contributed by atoms with E-state index in [2.05, 4.69) is 5.32 Å². The average molecular weight is 269 g/mol. The highest BCUT2D eigenvalue weighted by Gasteiger charge is 2.10. The zero-order chi connectivity index (χ0) is 14.1. The lowest BCUT2D eigenvalue weighted by Gasteiger charge is -2.17. The predicted octanol–water partition coefficient (Wildman–Crippen LogP) is 1.88. The first kappa shape index (κ1) is 15.6. The highest BCUT2D eigenvalue weighted by molar-refractivity contribution is 5.78. The van der Waals surface area contributed by atoms with Crippen LogP contribution in [0.4, 0.5) is 4.39 Å². The third-order valence-electron chi connectivity index (χ3n) is 2.45. The predicted molar refractivity (Wildman–Crippen MR) is 70.2 cm³/mol. The summed E-state index contributed by atoms with van der Waals surface area (Å²) in [7, 11) is 0. The molecule has 0 spiro atoms. The average Bonchev–Trinajstić information content (AvgIpc) is 2.39. The molecule has 1 aromatic carbocycles. The first-order valence-electron chi connectivity index (χ1n) is 6.40. The van der Waals surface area contributed by atoms with Crippen LogP contribution in [0.3, 0.4) is 0 Å². The first-order valence-corrected chi connectivity index (χ1v) is 6.40. The fourth-order valence-electron chi connectivity index (χ4n) is 1.59. The standard InChI is InChI=1S/C14H20FNO3/c1-3-18-14(19-4-2)10-16-13(17)9-11-5-7-12(15)8-6-11/h5-8,14H,3-4,9-10H2,1-2H3,(H,16,17). The Morgan fingerprint density at radius 2 is 1.79 bits per heavy atom. The molecule has 0 saturated heterocycles. The van der Waals surface area contributed by atoms with Gasteiger partial charge in [0.1, 0.15) is 5.82 Å². The number of rotatable bonds is 8. The third kappa shape index (κ3) is 6.31. The van der Waals surface area contributed by atoms with Crippen LogP contribution in [0.15, 0.2) is 24.3 Å². The molecule has 1 amide bonds. The Morgan fingerprint density at radius 3 is 2.32 bits per heavy atom. The number of halogens is 1. The summed E-state index contributed by atoms with van der Waals surface area (Å²) in [6.07, 6.45) is -0.210. The number of hydrogen-bond donors (Lipinski definition) is 1. The molecule has 0 atom stereocenters. The summed E-state index contributed by atoms with van der Waals surface area (Å²) in [4.78, 5) is 11.7. The third-order valence-corrected chi connectivity index (χ3v) is 2.45. The molecule has 4 nitrogen and oxygen atoms in total. The van der Waals surface area contributed by atoms with Crippen molar-refractivity contribution in [2.45, 2.75) is 26.6 Å². The molecular weight excluding hydrogens is 249 g/mol. The summed E-state index contributed by atoms with van der Waals surface area (Å²) in [5, 5.41) is 2.73. The van der Waals surface area contributed by atoms with E-state index < -0.39 is 6.29 Å². The largest absolute Gasteiger partial charge is 0.351 e. The number of carbonyl (C=O) groups excluding carboxylic acids is 1. The van der Waals surface area contributed by atoms with Gasteiger partial charge in [0.25, 0.3) is 0 Å². The van der Waals surface area contributed by atoms with Crippen molar-refractivity contribution in [2.75, 3.05) is 19.8 Å². The lowest BCUT2D eigenvalue weighted by molar-refractivity contribution is -0.140. The molecule has 0 aliphatic rings. The van der Waals surface area contributed by atoms with E-state index in [1.54, 1.807) is 12.1 Å². The Labute approximate surface area is 112 Å². The van der Waals surface area contributed by atoms with Gasteiger partial charge in [0.2, 0.25) is 5.91 Å². The van der Waals surface area contributed by atoms with Gasteiger partial charge in [-0.15, -0.1) is 0 Å². The summed E-state index contributed by atoms with van der Waals surface area (Å²) in [5.41, 5.74) is 0.767. The summed E-state index contributed by atoms with van der Waals surface area (Å²) in [5.74, 6) is -0.451. The van der Waals surface area contributed by atoms with Gasteiger partial charge in [0.15, 0.2) is 6.29 Å². The van der Waals surface area contributed by atoms with Crippen LogP contribution < -0.4 is 5.32 Å². The Kier molecular flexibility index (Phi) is 7.07. The molecule has 0 radical (unpaired) electrons. The molecule has 0 bridgehead atoms. The van der Waals surface area contributed by atoms with Crippen LogP contribution in [0.1, 0.15) is 19.4 Å². The van der Waals surface area contributed by atoms with Gasteiger partial charge in [-0.3, -0.25) is 4.79 Å². The second-order valence-corrected chi connectivity index (χ2v) is 3.95. The fourth-order valence-corrected chi connectivity index (χ4v) is 1.59. The number of benzene rings is 1. The van der Waals surface area contributed by atoms with Crippen LogP contribution in [0.5, 0.6) is 0 Å². The van der Waals surface area contributed by atoms with Crippen molar-refractivity contribution in [1.29, 1.82) is 0 Å². The maximum Gasteiger partial charge on any atom is 0.224 e. The number of amides is 1. The minimum Gasteiger partial charge on any atom is -0.351 e. The van der Waals surface area contributed by atoms with Gasteiger partial charge in [-0.25, -0.2) is 4.39 Å². The summed E-state index contributed by atoms with van der Waals surface area (Å²) >= 11 is 0. The zero-order valence-corrected chi connectivity index (χ0v) is 11.3. The van der Waals surface area contributed by atoms with Gasteiger partial charge in [0, 0.05) is 13.2 Å². The van der Waals surface area contributed by atoms with Gasteiger partial charge in [-0.1, -0.05) is 12.1 Å². The first-order chi connectivity index (χ1) is 9.15. The number of ether oxygens (including phenoxy) is 2. The van der Waals surface area contributed by atoms with Gasteiger partial charge < -0.3 is 14.8 Å². The van der Waals surface area contributed by atoms with E-state index in [-0.39, 0.29) is 18.1 Å². The van der Waals surface area contributed by atoms with Gasteiger partial charge in [-0.05, 0) is 31.5 Å². The molecule has 0 aromatic heterocycles. The summed E-state index contributed by atoms with van der Waals surface area (Å²) in [6, 6.07) is 5.87. The summed E-state index contributed by atoms with van der Waals surface area (Å²) < 4.78 is 23.3. The highest BCUT2D eigenvalue weighted by atomic mass is 19.1. The normalized spacial score (nSPS) is 10.7. The number of carbonyl (C=O) groups is 1. The quantitative estimate of drug-likeness (QED) is 0.733. The second-order valence-electron chi connectivity index (χ2n) is 3.95. The van der Waals surface area contributed by atoms with Crippen molar-refractivity contribution >= 4 is 5.91 Å². The van der Waals surface area contributed by atoms with E-state index in [1.165, 1.54) is 12.1 Å². The van der Waals surface area contributed by atoms with Crippen molar-refractivity contribution in [2.24, 2.45) is 0 Å². The molecule has 1 aromatic rings. The van der Waals surface area contributed by atoms with Crippen molar-refractivity contribution < 1.29 is 18.7 Å². The number of nitrogens with one attached hydrogen (secondary N) is 1. The molecule has 106 valence electrons. The fraction of sp³-hybridized carbons (Fsp3) is 0.500. The molecule has 0 aliphatic heterocycles. The minimum absolute atomic E-state index is 0.143. The molecule has 0 saturated carbocycles. The molecule has 0 aliphatic carbocycles. The summed E-state index contributed by atoms with van der Waals surface area (Å²) in [6.45, 7) is 5.09. The molecule has 1 N–H and O–H groups in total.